The lowest BCUT2D eigenvalue weighted by molar-refractivity contribution is 0.142. The zero-order valence-corrected chi connectivity index (χ0v) is 16.8. The maximum absolute atomic E-state index is 11.9. The zero-order valence-electron chi connectivity index (χ0n) is 15.2. The summed E-state index contributed by atoms with van der Waals surface area (Å²) in [5.74, 6) is 0.589. The molecule has 0 unspecified atom stereocenters. The summed E-state index contributed by atoms with van der Waals surface area (Å²) in [5, 5.41) is 3.23. The van der Waals surface area contributed by atoms with Crippen LogP contribution in [-0.2, 0) is 4.74 Å². The van der Waals surface area contributed by atoms with Gasteiger partial charge in [0.1, 0.15) is 12.4 Å². The first-order valence-electron chi connectivity index (χ1n) is 8.79. The van der Waals surface area contributed by atoms with Gasteiger partial charge in [-0.05, 0) is 19.5 Å². The molecule has 7 heteroatoms. The molecule has 0 radical (unpaired) electrons. The topological polar surface area (TPSA) is 50.8 Å². The molecular weight excluding hydrogens is 363 g/mol. The third-order valence-corrected chi connectivity index (χ3v) is 4.39. The van der Waals surface area contributed by atoms with Crippen LogP contribution in [0.1, 0.15) is 40.0 Å². The largest absolute Gasteiger partial charge is 0.493 e. The highest BCUT2D eigenvalue weighted by atomic mass is 35.5. The van der Waals surface area contributed by atoms with Crippen molar-refractivity contribution in [2.75, 3.05) is 38.2 Å². The van der Waals surface area contributed by atoms with Crippen molar-refractivity contribution in [2.24, 2.45) is 0 Å². The summed E-state index contributed by atoms with van der Waals surface area (Å²) in [6, 6.07) is 3.29. The van der Waals surface area contributed by atoms with Crippen molar-refractivity contribution in [2.45, 2.75) is 40.0 Å². The maximum Gasteiger partial charge on any atom is 0.411 e. The SMILES string of the molecule is CCCCCOc1cc(Cl)c(NC(=O)OCCN(CC)CC)c(Cl)c1. The van der Waals surface area contributed by atoms with Crippen LogP contribution in [0.2, 0.25) is 10.0 Å². The molecule has 0 saturated carbocycles. The van der Waals surface area contributed by atoms with Gasteiger partial charge in [-0.25, -0.2) is 4.79 Å². The number of nitrogens with one attached hydrogen (secondary N) is 1. The Morgan fingerprint density at radius 3 is 2.28 bits per heavy atom. The first-order valence-corrected chi connectivity index (χ1v) is 9.55. The molecule has 1 amide bonds. The first-order chi connectivity index (χ1) is 12.0. The highest BCUT2D eigenvalue weighted by Gasteiger charge is 2.13. The Balaban J connectivity index is 2.53. The summed E-state index contributed by atoms with van der Waals surface area (Å²) >= 11 is 12.4. The lowest BCUT2D eigenvalue weighted by Gasteiger charge is -2.18. The number of carbonyl (C=O) groups is 1. The third-order valence-electron chi connectivity index (χ3n) is 3.79. The molecule has 0 spiro atoms. The summed E-state index contributed by atoms with van der Waals surface area (Å²) in [6.45, 7) is 9.70. The quantitative estimate of drug-likeness (QED) is 0.510. The molecule has 0 fully saturated rings. The van der Waals surface area contributed by atoms with Crippen LogP contribution in [0.25, 0.3) is 0 Å². The highest BCUT2D eigenvalue weighted by Crippen LogP contribution is 2.35. The Morgan fingerprint density at radius 2 is 1.72 bits per heavy atom. The Labute approximate surface area is 160 Å². The van der Waals surface area contributed by atoms with Gasteiger partial charge < -0.3 is 14.4 Å². The van der Waals surface area contributed by atoms with E-state index in [4.69, 9.17) is 32.7 Å². The van der Waals surface area contributed by atoms with Crippen molar-refractivity contribution in [1.29, 1.82) is 0 Å². The molecule has 1 aromatic carbocycles. The molecule has 1 N–H and O–H groups in total. The molecule has 0 aliphatic heterocycles. The van der Waals surface area contributed by atoms with Gasteiger partial charge in [-0.3, -0.25) is 5.32 Å². The summed E-state index contributed by atoms with van der Waals surface area (Å²) in [4.78, 5) is 14.1. The van der Waals surface area contributed by atoms with Crippen LogP contribution in [-0.4, -0.2) is 43.8 Å². The Kier molecular flexibility index (Phi) is 10.7. The number of nitrogens with zero attached hydrogens (tertiary/aromatic N) is 1. The van der Waals surface area contributed by atoms with E-state index in [-0.39, 0.29) is 0 Å². The summed E-state index contributed by atoms with van der Waals surface area (Å²) in [5.41, 5.74) is 0.331. The lowest BCUT2D eigenvalue weighted by atomic mass is 10.2. The van der Waals surface area contributed by atoms with Crippen molar-refractivity contribution in [3.05, 3.63) is 22.2 Å². The van der Waals surface area contributed by atoms with E-state index < -0.39 is 6.09 Å². The van der Waals surface area contributed by atoms with Gasteiger partial charge in [0, 0.05) is 18.7 Å². The van der Waals surface area contributed by atoms with Gasteiger partial charge in [0.2, 0.25) is 0 Å². The Bertz CT molecular complexity index is 514. The molecule has 0 bridgehead atoms. The zero-order chi connectivity index (χ0) is 18.7. The number of benzene rings is 1. The molecule has 1 aromatic rings. The van der Waals surface area contributed by atoms with E-state index in [1.165, 1.54) is 0 Å². The predicted octanol–water partition coefficient (Wildman–Crippen LogP) is 5.45. The standard InChI is InChI=1S/C18H28Cl2N2O3/c1-4-7-8-10-24-14-12-15(19)17(16(20)13-14)21-18(23)25-11-9-22(5-2)6-3/h12-13H,4-11H2,1-3H3,(H,21,23). The van der Waals surface area contributed by atoms with E-state index >= 15 is 0 Å². The van der Waals surface area contributed by atoms with Gasteiger partial charge in [0.25, 0.3) is 0 Å². The van der Waals surface area contributed by atoms with Crippen molar-refractivity contribution < 1.29 is 14.3 Å². The molecule has 0 aliphatic carbocycles. The third kappa shape index (κ3) is 8.17. The monoisotopic (exact) mass is 390 g/mol. The number of amides is 1. The van der Waals surface area contributed by atoms with Gasteiger partial charge in [0.15, 0.2) is 0 Å². The van der Waals surface area contributed by atoms with Crippen molar-refractivity contribution in [3.63, 3.8) is 0 Å². The average molecular weight is 391 g/mol. The van der Waals surface area contributed by atoms with E-state index in [0.717, 1.165) is 32.4 Å². The fourth-order valence-electron chi connectivity index (χ4n) is 2.24. The van der Waals surface area contributed by atoms with Gasteiger partial charge in [-0.2, -0.15) is 0 Å². The molecule has 142 valence electrons. The van der Waals surface area contributed by atoms with Gasteiger partial charge in [-0.1, -0.05) is 56.8 Å². The number of rotatable bonds is 11. The van der Waals surface area contributed by atoms with Crippen LogP contribution in [0.5, 0.6) is 5.75 Å². The Morgan fingerprint density at radius 1 is 1.08 bits per heavy atom. The fraction of sp³-hybridized carbons (Fsp3) is 0.611. The average Bonchev–Trinajstić information content (AvgIpc) is 2.59. The smallest absolute Gasteiger partial charge is 0.411 e. The highest BCUT2D eigenvalue weighted by molar-refractivity contribution is 6.39. The summed E-state index contributed by atoms with van der Waals surface area (Å²) in [6.07, 6.45) is 2.64. The number of halogens is 2. The summed E-state index contributed by atoms with van der Waals surface area (Å²) < 4.78 is 10.8. The number of likely N-dealkylation sites (N-methyl/N-ethyl adjacent to an activating group) is 1. The molecule has 0 heterocycles. The number of hydrogen-bond donors (Lipinski definition) is 1. The number of hydrogen-bond acceptors (Lipinski definition) is 4. The minimum atomic E-state index is -0.576. The first kappa shape index (κ1) is 21.9. The maximum atomic E-state index is 11.9. The van der Waals surface area contributed by atoms with Gasteiger partial charge in [-0.15, -0.1) is 0 Å². The molecule has 1 rings (SSSR count). The second-order valence-corrected chi connectivity index (χ2v) is 6.42. The van der Waals surface area contributed by atoms with Crippen LogP contribution < -0.4 is 10.1 Å². The molecule has 0 saturated heterocycles. The van der Waals surface area contributed by atoms with Crippen LogP contribution >= 0.6 is 23.2 Å². The predicted molar refractivity (Wildman–Crippen MR) is 104 cm³/mol. The molecular formula is C18H28Cl2N2O3. The van der Waals surface area contributed by atoms with Crippen LogP contribution in [0, 0.1) is 0 Å². The number of anilines is 1. The minimum Gasteiger partial charge on any atom is -0.493 e. The van der Waals surface area contributed by atoms with Crippen LogP contribution in [0.4, 0.5) is 10.5 Å². The number of carbonyl (C=O) groups excluding carboxylic acids is 1. The number of unbranched alkanes of at least 4 members (excludes halogenated alkanes) is 2. The molecule has 0 aromatic heterocycles. The summed E-state index contributed by atoms with van der Waals surface area (Å²) in [7, 11) is 0. The second kappa shape index (κ2) is 12.2. The molecule has 5 nitrogen and oxygen atoms in total. The van der Waals surface area contributed by atoms with Crippen LogP contribution in [0.3, 0.4) is 0 Å². The Hall–Kier alpha value is -1.17. The van der Waals surface area contributed by atoms with Gasteiger partial charge >= 0.3 is 6.09 Å². The molecule has 0 atom stereocenters. The van der Waals surface area contributed by atoms with Crippen molar-refractivity contribution >= 4 is 35.0 Å². The van der Waals surface area contributed by atoms with Crippen LogP contribution in [0.15, 0.2) is 12.1 Å². The molecule has 25 heavy (non-hydrogen) atoms. The van der Waals surface area contributed by atoms with Crippen molar-refractivity contribution in [1.82, 2.24) is 4.90 Å². The van der Waals surface area contributed by atoms with Crippen molar-refractivity contribution in [3.8, 4) is 5.75 Å². The second-order valence-electron chi connectivity index (χ2n) is 5.61. The van der Waals surface area contributed by atoms with E-state index in [1.807, 2.05) is 0 Å². The lowest BCUT2D eigenvalue weighted by Crippen LogP contribution is -2.28. The van der Waals surface area contributed by atoms with Gasteiger partial charge in [0.05, 0.1) is 22.3 Å². The number of ether oxygens (including phenoxy) is 2. The fourth-order valence-corrected chi connectivity index (χ4v) is 2.80. The minimum absolute atomic E-state index is 0.307. The molecule has 0 aliphatic rings. The van der Waals surface area contributed by atoms with E-state index in [9.17, 15) is 4.79 Å². The van der Waals surface area contributed by atoms with E-state index in [1.54, 1.807) is 12.1 Å². The normalized spacial score (nSPS) is 10.8. The van der Waals surface area contributed by atoms with E-state index in [0.29, 0.717) is 41.2 Å². The van der Waals surface area contributed by atoms with E-state index in [2.05, 4.69) is 31.0 Å².